The molecule has 58 heteroatoms. The maximum absolute atomic E-state index is 15.5. The number of ether oxygens (including phenoxy) is 9. The third-order valence-electron chi connectivity index (χ3n) is 23.1. The number of hydrogen-bond donors (Lipinski definition) is 30. The van der Waals surface area contributed by atoms with Crippen LogP contribution in [0.3, 0.4) is 0 Å². The van der Waals surface area contributed by atoms with Gasteiger partial charge in [-0.25, -0.2) is 14.4 Å². The first kappa shape index (κ1) is 123. The summed E-state index contributed by atoms with van der Waals surface area (Å²) in [7, 11) is 0. The molecule has 0 saturated carbocycles. The Balaban J connectivity index is 2.05. The minimum absolute atomic E-state index is 0.0311. The largest absolute Gasteiger partial charge is 0.481 e. The fourth-order valence-electron chi connectivity index (χ4n) is 15.4. The van der Waals surface area contributed by atoms with Crippen molar-refractivity contribution >= 4 is 113 Å². The molecule has 0 unspecified atom stereocenters. The number of aliphatic carboxylic acids is 4. The van der Waals surface area contributed by atoms with Crippen LogP contribution in [-0.2, 0) is 134 Å². The van der Waals surface area contributed by atoms with Crippen molar-refractivity contribution in [1.29, 1.82) is 0 Å². The number of carbonyl (C=O) groups excluding carboxylic acids is 15. The van der Waals surface area contributed by atoms with Crippen LogP contribution in [0.4, 0.5) is 0 Å². The molecule has 0 aromatic carbocycles. The fraction of sp³-hybridized carbons (Fsp3) is 0.774. The number of rotatable bonds is 56. The second-order valence-electron chi connectivity index (χ2n) is 36.3. The zero-order valence-corrected chi connectivity index (χ0v) is 80.8. The molecule has 142 heavy (non-hydrogen) atoms. The highest BCUT2D eigenvalue weighted by atomic mass is 16.8. The van der Waals surface area contributed by atoms with E-state index in [9.17, 15) is 158 Å². The van der Waals surface area contributed by atoms with Crippen LogP contribution in [0.1, 0.15) is 155 Å². The molecule has 0 aromatic heterocycles. The molecule has 4 aliphatic heterocycles. The molecule has 4 fully saturated rings. The molecule has 4 aliphatic rings. The lowest BCUT2D eigenvalue weighted by molar-refractivity contribution is -0.383. The number of nitrogens with one attached hydrogen (secondary N) is 13. The second-order valence-corrected chi connectivity index (χ2v) is 36.3. The molecule has 0 radical (unpaired) electrons. The number of carboxylic acid groups (broad SMARTS) is 4. The number of aliphatic hydroxyl groups excluding tert-OH is 11. The molecule has 14 amide bonds. The average Bonchev–Trinajstić information content (AvgIpc) is 0.749. The zero-order chi connectivity index (χ0) is 108. The van der Waals surface area contributed by atoms with Crippen LogP contribution < -0.4 is 80.6 Å². The van der Waals surface area contributed by atoms with Crippen LogP contribution in [0, 0.1) is 23.7 Å². The van der Waals surface area contributed by atoms with E-state index in [1.807, 2.05) is 0 Å². The SMILES string of the molecule is CC[C@H](C)[C@H](NC(=O)[C@H](C)NC(=O)CNC(=O)[C@H](CCC(N)=O)NC(=O)[C@H](CO[C@H]1O[C@H](CO[C@]2(C(=O)O)C[C@H](O)[C@@H](NC(C)=O)[C@H]([C@H](O)[C@H](O)CO)O2)[C@H](O)[C@H](O[C@@H]2O[C@H](CO)[C@H](OC(C)=O)[C@H](O[C@]3(C(=O)O)C[C@H](O)[C@@H](NC(C)=O)[C@H]([C@H](O)[C@H](O)CO)O3)[C@H]2O)[C@H]1NC(C)=O)NC(=O)[C@H](CC(=O)O)NC(=O)[C@H](CC(C)C)NC(=O)[C@H](C)NC(=O)[C@H](C)NC(=O)[C@@H](N)CC(C)C)C(=O)N[C@H](C(=O)O)C(C)C. The summed E-state index contributed by atoms with van der Waals surface area (Å²) in [4.78, 5) is 258. The van der Waals surface area contributed by atoms with E-state index in [0.717, 1.165) is 34.6 Å². The summed E-state index contributed by atoms with van der Waals surface area (Å²) >= 11 is 0. The van der Waals surface area contributed by atoms with E-state index in [0.29, 0.717) is 0 Å². The third-order valence-corrected chi connectivity index (χ3v) is 23.1. The Hall–Kier alpha value is -10.9. The Morgan fingerprint density at radius 1 is 0.486 bits per heavy atom. The van der Waals surface area contributed by atoms with Gasteiger partial charge >= 0.3 is 29.8 Å². The average molecular weight is 2050 g/mol. The lowest BCUT2D eigenvalue weighted by atomic mass is 9.88. The first-order chi connectivity index (χ1) is 66.0. The van der Waals surface area contributed by atoms with Gasteiger partial charge in [-0.3, -0.25) is 76.7 Å². The van der Waals surface area contributed by atoms with E-state index >= 15 is 9.59 Å². The normalized spacial score (nSPS) is 27.6. The summed E-state index contributed by atoms with van der Waals surface area (Å²) in [5, 5.41) is 196. The molecule has 4 saturated heterocycles. The lowest BCUT2D eigenvalue weighted by Gasteiger charge is -2.51. The third kappa shape index (κ3) is 35.9. The lowest BCUT2D eigenvalue weighted by Crippen LogP contribution is -2.71. The first-order valence-corrected chi connectivity index (χ1v) is 45.5. The topological polar surface area (TPSA) is 919 Å². The van der Waals surface area contributed by atoms with Gasteiger partial charge in [0.25, 0.3) is 11.6 Å². The van der Waals surface area contributed by atoms with Gasteiger partial charge in [0.2, 0.25) is 82.7 Å². The molecule has 4 heterocycles. The summed E-state index contributed by atoms with van der Waals surface area (Å²) in [6.45, 7) is 11.5. The van der Waals surface area contributed by atoms with Crippen LogP contribution in [0.15, 0.2) is 0 Å². The van der Waals surface area contributed by atoms with E-state index in [1.54, 1.807) is 41.5 Å². The van der Waals surface area contributed by atoms with Crippen molar-refractivity contribution in [3.05, 3.63) is 0 Å². The molecule has 4 rings (SSSR count). The van der Waals surface area contributed by atoms with Crippen molar-refractivity contribution in [2.45, 2.75) is 349 Å². The maximum Gasteiger partial charge on any atom is 0.364 e. The Morgan fingerprint density at radius 3 is 1.42 bits per heavy atom. The number of carboxylic acids is 4. The zero-order valence-electron chi connectivity index (χ0n) is 80.8. The molecule has 33 atom stereocenters. The predicted molar refractivity (Wildman–Crippen MR) is 473 cm³/mol. The van der Waals surface area contributed by atoms with Gasteiger partial charge in [0, 0.05) is 47.0 Å². The van der Waals surface area contributed by atoms with E-state index < -0.39 is 396 Å². The standard InChI is InChI=1S/C84H139N15O43/c1-16-33(8)56(77(127)98-55(32(6)7)78(128)129)99-71(121)34(9)88-53(112)24-87-73(123)42(17-18-52(86)111)94-76(126)45(97-75(125)44(21-54(113)114)96-74(124)43(20-31(4)5)95-70(120)36(11)89-69(119)35(10)90-72(122)41(85)19-30(2)3)28-134-79-59(93-39(14)105)65(62(117)51(138-79)29-135-83(81(130)131)22-46(107)57(91-37(12)103)66(140-83)60(115)48(109)25-100)139-80-63(118)68(64(136-40(15)106)50(27-102)137-80)142-84(82(132)133)23-47(108)58(92-38(13)104)67(141-84)61(116)49(110)26-101/h30-36,41-51,55-68,79-80,100-102,107-110,115-118H,16-29,85H2,1-15H3,(H2,86,111)(H,87,123)(H,88,112)(H,89,119)(H,90,122)(H,91,103)(H,92,104)(H,93,105)(H,94,126)(H,95,120)(H,96,124)(H,97,125)(H,98,127)(H,99,121)(H,113,114)(H,128,129)(H,130,131)(H,132,133)/t33-,34-,35-,36-,41-,42-,43-,44-,45-,46-,47-,48+,49+,50+,51+,55-,56-,57+,58+,59+,60+,61+,62-,63+,64-,65+,66+,67+,68+,79-,80-,83+,84-/m0/s1. The molecule has 0 spiro atoms. The highest BCUT2D eigenvalue weighted by Gasteiger charge is 2.63. The van der Waals surface area contributed by atoms with Crippen LogP contribution in [0.5, 0.6) is 0 Å². The number of hydrogen-bond acceptors (Lipinski definition) is 40. The fourth-order valence-corrected chi connectivity index (χ4v) is 15.4. The molecule has 0 aromatic rings. The van der Waals surface area contributed by atoms with Crippen LogP contribution in [0.2, 0.25) is 0 Å². The maximum atomic E-state index is 15.5. The monoisotopic (exact) mass is 2050 g/mol. The van der Waals surface area contributed by atoms with Gasteiger partial charge in [-0.2, -0.15) is 0 Å². The highest BCUT2D eigenvalue weighted by Crippen LogP contribution is 2.41. The van der Waals surface area contributed by atoms with Crippen molar-refractivity contribution in [1.82, 2.24) is 69.1 Å². The molecule has 0 bridgehead atoms. The van der Waals surface area contributed by atoms with Gasteiger partial charge in [0.15, 0.2) is 18.7 Å². The summed E-state index contributed by atoms with van der Waals surface area (Å²) < 4.78 is 53.5. The van der Waals surface area contributed by atoms with Crippen molar-refractivity contribution in [3.8, 4) is 0 Å². The van der Waals surface area contributed by atoms with E-state index in [4.69, 9.17) is 54.1 Å². The van der Waals surface area contributed by atoms with Crippen molar-refractivity contribution in [2.75, 3.05) is 39.6 Å². The van der Waals surface area contributed by atoms with Crippen LogP contribution >= 0.6 is 0 Å². The molecular formula is C84H139N15O43. The number of carbonyl (C=O) groups is 19. The van der Waals surface area contributed by atoms with Gasteiger partial charge in [-0.05, 0) is 63.7 Å². The Kier molecular flexibility index (Phi) is 49.0. The van der Waals surface area contributed by atoms with E-state index in [-0.39, 0.29) is 25.2 Å². The van der Waals surface area contributed by atoms with E-state index in [2.05, 4.69) is 69.1 Å². The molecular weight excluding hydrogens is 1910 g/mol. The number of nitrogens with two attached hydrogens (primary N) is 2. The second kappa shape index (κ2) is 56.4. The van der Waals surface area contributed by atoms with Gasteiger partial charge < -0.3 is 200 Å². The van der Waals surface area contributed by atoms with Gasteiger partial charge in [-0.15, -0.1) is 0 Å². The van der Waals surface area contributed by atoms with Crippen LogP contribution in [0.25, 0.3) is 0 Å². The quantitative estimate of drug-likeness (QED) is 0.0251. The Morgan fingerprint density at radius 2 is 0.944 bits per heavy atom. The Labute approximate surface area is 813 Å². The van der Waals surface area contributed by atoms with Gasteiger partial charge in [0.05, 0.1) is 76.3 Å². The molecule has 32 N–H and O–H groups in total. The van der Waals surface area contributed by atoms with Gasteiger partial charge in [-0.1, -0.05) is 61.8 Å². The molecule has 58 nitrogen and oxygen atoms in total. The first-order valence-electron chi connectivity index (χ1n) is 45.5. The minimum Gasteiger partial charge on any atom is -0.481 e. The van der Waals surface area contributed by atoms with Crippen molar-refractivity contribution in [2.24, 2.45) is 35.1 Å². The minimum atomic E-state index is -3.52. The van der Waals surface area contributed by atoms with E-state index in [1.165, 1.54) is 27.7 Å². The molecule has 0 aliphatic carbocycles. The number of esters is 1. The Bertz CT molecular complexity index is 4350. The van der Waals surface area contributed by atoms with Crippen LogP contribution in [-0.4, -0.2) is 423 Å². The number of amides is 14. The highest BCUT2D eigenvalue weighted by molar-refractivity contribution is 5.99. The summed E-state index contributed by atoms with van der Waals surface area (Å²) in [5.41, 5.74) is 11.5. The van der Waals surface area contributed by atoms with Crippen molar-refractivity contribution in [3.63, 3.8) is 0 Å². The van der Waals surface area contributed by atoms with Gasteiger partial charge in [0.1, 0.15) is 134 Å². The number of aliphatic hydroxyl groups is 11. The molecule has 808 valence electrons. The smallest absolute Gasteiger partial charge is 0.364 e. The van der Waals surface area contributed by atoms with Crippen molar-refractivity contribution < 1.29 is 210 Å². The predicted octanol–water partition coefficient (Wildman–Crippen LogP) is -13.8. The summed E-state index contributed by atoms with van der Waals surface area (Å²) in [5.74, 6) is -34.2. The number of primary amides is 1. The summed E-state index contributed by atoms with van der Waals surface area (Å²) in [6, 6.07) is -23.3. The summed E-state index contributed by atoms with van der Waals surface area (Å²) in [6.07, 6.45) is -47.2.